The molecule has 1 spiro atoms. The van der Waals surface area contributed by atoms with Gasteiger partial charge in [-0.2, -0.15) is 0 Å². The molecule has 0 aromatic heterocycles. The van der Waals surface area contributed by atoms with Gasteiger partial charge in [-0.05, 0) is 43.4 Å². The molecule has 0 radical (unpaired) electrons. The van der Waals surface area contributed by atoms with E-state index >= 15 is 0 Å². The van der Waals surface area contributed by atoms with Crippen LogP contribution in [0.5, 0.6) is 5.75 Å². The Morgan fingerprint density at radius 3 is 2.71 bits per heavy atom. The van der Waals surface area contributed by atoms with Gasteiger partial charge in [-0.1, -0.05) is 42.5 Å². The van der Waals surface area contributed by atoms with Gasteiger partial charge in [0.25, 0.3) is 0 Å². The first kappa shape index (κ1) is 23.1. The van der Waals surface area contributed by atoms with E-state index in [0.29, 0.717) is 32.7 Å². The molecule has 2 amide bonds. The van der Waals surface area contributed by atoms with Gasteiger partial charge in [0.05, 0.1) is 12.6 Å². The predicted molar refractivity (Wildman–Crippen MR) is 128 cm³/mol. The average Bonchev–Trinajstić information content (AvgIpc) is 3.57. The number of carbonyl (C=O) groups is 1. The molecule has 182 valence electrons. The molecule has 1 N–H and O–H groups in total. The average molecular weight is 488 g/mol. The summed E-state index contributed by atoms with van der Waals surface area (Å²) < 4.78 is 46.5. The van der Waals surface area contributed by atoms with Gasteiger partial charge in [0.1, 0.15) is 12.4 Å². The molecule has 1 saturated heterocycles. The molecule has 2 heterocycles. The number of hydrogen-bond acceptors (Lipinski definition) is 4. The van der Waals surface area contributed by atoms with Crippen molar-refractivity contribution in [3.8, 4) is 16.9 Å². The maximum atomic E-state index is 13.7. The van der Waals surface area contributed by atoms with E-state index < -0.39 is 28.1 Å². The minimum Gasteiger partial charge on any atom is -0.491 e. The number of halogens is 1. The number of benzene rings is 2. The van der Waals surface area contributed by atoms with Crippen molar-refractivity contribution in [2.75, 3.05) is 32.2 Å². The first-order valence-electron chi connectivity index (χ1n) is 11.8. The van der Waals surface area contributed by atoms with Gasteiger partial charge < -0.3 is 14.5 Å². The highest BCUT2D eigenvalue weighted by atomic mass is 32.2. The van der Waals surface area contributed by atoms with Crippen molar-refractivity contribution in [3.63, 3.8) is 0 Å². The topological polar surface area (TPSA) is 79.0 Å². The van der Waals surface area contributed by atoms with E-state index in [1.165, 1.54) is 0 Å². The number of ether oxygens (including phenoxy) is 1. The summed E-state index contributed by atoms with van der Waals surface area (Å²) in [4.78, 5) is 17.2. The molecule has 3 aliphatic rings. The van der Waals surface area contributed by atoms with Crippen LogP contribution in [0.2, 0.25) is 0 Å². The summed E-state index contributed by atoms with van der Waals surface area (Å²) in [7, 11) is -4.08. The summed E-state index contributed by atoms with van der Waals surface area (Å²) in [5.74, 6) is 0.758. The number of carbonyl (C=O) groups excluding carboxylic acids is 1. The maximum Gasteiger partial charge on any atom is 0.320 e. The van der Waals surface area contributed by atoms with E-state index in [0.717, 1.165) is 35.3 Å². The fourth-order valence-electron chi connectivity index (χ4n) is 5.41. The van der Waals surface area contributed by atoms with Gasteiger partial charge in [-0.25, -0.2) is 22.3 Å². The Balaban J connectivity index is 1.58. The van der Waals surface area contributed by atoms with Crippen molar-refractivity contribution in [1.82, 2.24) is 14.5 Å². The van der Waals surface area contributed by atoms with Crippen LogP contribution >= 0.6 is 0 Å². The highest BCUT2D eigenvalue weighted by molar-refractivity contribution is 7.89. The van der Waals surface area contributed by atoms with E-state index in [-0.39, 0.29) is 11.4 Å². The summed E-state index contributed by atoms with van der Waals surface area (Å²) in [6, 6.07) is 13.4. The molecule has 2 aromatic rings. The molecule has 2 atom stereocenters. The third kappa shape index (κ3) is 4.27. The van der Waals surface area contributed by atoms with E-state index in [1.54, 1.807) is 9.80 Å². The quantitative estimate of drug-likeness (QED) is 0.717. The number of alkyl halides is 1. The Hall–Kier alpha value is -2.65. The van der Waals surface area contributed by atoms with Crippen LogP contribution in [0, 0.1) is 5.41 Å². The van der Waals surface area contributed by atoms with Gasteiger partial charge in [0.15, 0.2) is 0 Å². The Morgan fingerprint density at radius 1 is 1.18 bits per heavy atom. The van der Waals surface area contributed by atoms with Gasteiger partial charge in [-0.3, -0.25) is 0 Å². The van der Waals surface area contributed by atoms with E-state index in [2.05, 4.69) is 10.8 Å². The number of para-hydroxylation sites is 1. The summed E-state index contributed by atoms with van der Waals surface area (Å²) >= 11 is 0. The summed E-state index contributed by atoms with van der Waals surface area (Å²) in [5, 5.41) is 0. The minimum absolute atomic E-state index is 0.131. The maximum absolute atomic E-state index is 13.7. The van der Waals surface area contributed by atoms with Crippen molar-refractivity contribution in [2.24, 2.45) is 5.41 Å². The number of hydrogen-bond donors (Lipinski definition) is 1. The second-order valence-corrected chi connectivity index (χ2v) is 11.2. The lowest BCUT2D eigenvalue weighted by atomic mass is 9.91. The van der Waals surface area contributed by atoms with Crippen LogP contribution in [0.3, 0.4) is 0 Å². The van der Waals surface area contributed by atoms with Crippen LogP contribution < -0.4 is 9.46 Å². The highest BCUT2D eigenvalue weighted by Crippen LogP contribution is 2.55. The number of urea groups is 1. The van der Waals surface area contributed by atoms with Crippen molar-refractivity contribution < 1.29 is 22.3 Å². The first-order chi connectivity index (χ1) is 16.4. The number of nitrogens with one attached hydrogen (secondary N) is 1. The van der Waals surface area contributed by atoms with Gasteiger partial charge in [-0.15, -0.1) is 0 Å². The lowest BCUT2D eigenvalue weighted by Gasteiger charge is -2.33. The fraction of sp³-hybridized carbons (Fsp3) is 0.480. The smallest absolute Gasteiger partial charge is 0.320 e. The molecule has 2 fully saturated rings. The standard InChI is InChI=1S/C25H30FN3O4S/c1-2-28-12-13-33-22-9-4-3-8-20(22)19-7-5-6-18(14-19)15-21-23(27-34(31,32)17-26)25(10-11-25)16-29(21)24(28)30/h3-9,14,21,23,27H,2,10-13,15-17H2,1H3/t21-,23+/m0/s1. The Morgan fingerprint density at radius 2 is 1.97 bits per heavy atom. The molecule has 34 heavy (non-hydrogen) atoms. The number of nitrogens with zero attached hydrogens (tertiary/aromatic N) is 2. The van der Waals surface area contributed by atoms with E-state index in [4.69, 9.17) is 4.74 Å². The van der Waals surface area contributed by atoms with Crippen molar-refractivity contribution in [3.05, 3.63) is 54.1 Å². The Bertz CT molecular complexity index is 1180. The molecule has 7 nitrogen and oxygen atoms in total. The molecule has 1 aliphatic carbocycles. The zero-order chi connectivity index (χ0) is 23.9. The lowest BCUT2D eigenvalue weighted by Crippen LogP contribution is -2.52. The molecular weight excluding hydrogens is 457 g/mol. The molecule has 5 rings (SSSR count). The molecule has 2 aliphatic heterocycles. The Labute approximate surface area is 199 Å². The van der Waals surface area contributed by atoms with E-state index in [1.807, 2.05) is 49.4 Å². The lowest BCUT2D eigenvalue weighted by molar-refractivity contribution is 0.138. The van der Waals surface area contributed by atoms with Crippen molar-refractivity contribution >= 4 is 16.1 Å². The highest BCUT2D eigenvalue weighted by Gasteiger charge is 2.61. The molecule has 2 aromatic carbocycles. The number of sulfonamides is 1. The second kappa shape index (κ2) is 8.85. The minimum atomic E-state index is -4.08. The largest absolute Gasteiger partial charge is 0.491 e. The second-order valence-electron chi connectivity index (χ2n) is 9.49. The molecule has 9 heteroatoms. The van der Waals surface area contributed by atoms with Crippen LogP contribution in [0.15, 0.2) is 48.5 Å². The Kier molecular flexibility index (Phi) is 6.02. The third-order valence-electron chi connectivity index (χ3n) is 7.36. The van der Waals surface area contributed by atoms with E-state index in [9.17, 15) is 17.6 Å². The SMILES string of the molecule is CCN1CCOc2ccccc2-c2cccc(c2)C[C@H]2[C@@H](NS(=O)(=O)CF)C3(CC3)CN2C1=O. The van der Waals surface area contributed by atoms with Gasteiger partial charge >= 0.3 is 6.03 Å². The van der Waals surface area contributed by atoms with Crippen LogP contribution in [-0.4, -0.2) is 68.6 Å². The van der Waals surface area contributed by atoms with Crippen molar-refractivity contribution in [1.29, 1.82) is 0 Å². The number of rotatable bonds is 4. The number of fused-ring (bicyclic) bond motifs is 5. The summed E-state index contributed by atoms with van der Waals surface area (Å²) in [6.45, 7) is 3.66. The third-order valence-corrected chi connectivity index (χ3v) is 8.26. The monoisotopic (exact) mass is 487 g/mol. The van der Waals surface area contributed by atoms with Crippen LogP contribution in [0.4, 0.5) is 9.18 Å². The van der Waals surface area contributed by atoms with Gasteiger partial charge in [0.2, 0.25) is 16.0 Å². The molecule has 1 saturated carbocycles. The molecule has 0 unspecified atom stereocenters. The van der Waals surface area contributed by atoms with Crippen LogP contribution in [0.1, 0.15) is 25.3 Å². The summed E-state index contributed by atoms with van der Waals surface area (Å²) in [5.41, 5.74) is 2.62. The van der Waals surface area contributed by atoms with Crippen molar-refractivity contribution in [2.45, 2.75) is 38.3 Å². The zero-order valence-corrected chi connectivity index (χ0v) is 20.1. The molecular formula is C25H30FN3O4S. The predicted octanol–water partition coefficient (Wildman–Crippen LogP) is 3.41. The number of amides is 2. The number of likely N-dealkylation sites (N-methyl/N-ethyl adjacent to an activating group) is 1. The normalized spacial score (nSPS) is 23.9. The molecule has 2 bridgehead atoms. The summed E-state index contributed by atoms with van der Waals surface area (Å²) in [6.07, 6.45) is 2.10. The zero-order valence-electron chi connectivity index (χ0n) is 19.2. The van der Waals surface area contributed by atoms with Gasteiger partial charge in [0, 0.05) is 30.1 Å². The first-order valence-corrected chi connectivity index (χ1v) is 13.4. The van der Waals surface area contributed by atoms with Crippen LogP contribution in [-0.2, 0) is 16.4 Å². The fourth-order valence-corrected chi connectivity index (χ4v) is 6.27. The van der Waals surface area contributed by atoms with Crippen LogP contribution in [0.25, 0.3) is 11.1 Å².